The van der Waals surface area contributed by atoms with Gasteiger partial charge in [-0.05, 0) is 29.2 Å². The lowest BCUT2D eigenvalue weighted by atomic mass is 9.86. The molecule has 0 saturated carbocycles. The maximum Gasteiger partial charge on any atom is 0.327 e. The molecule has 0 aromatic heterocycles. The number of ether oxygens (including phenoxy) is 1. The average Bonchev–Trinajstić information content (AvgIpc) is 3.05. The summed E-state index contributed by atoms with van der Waals surface area (Å²) >= 11 is 0. The first-order valence-electron chi connectivity index (χ1n) is 9.85. The molecule has 1 N–H and O–H groups in total. The van der Waals surface area contributed by atoms with Gasteiger partial charge in [-0.1, -0.05) is 55.8 Å². The summed E-state index contributed by atoms with van der Waals surface area (Å²) in [4.78, 5) is 13.6. The Balaban J connectivity index is 2.00. The van der Waals surface area contributed by atoms with Crippen molar-refractivity contribution in [3.8, 4) is 23.3 Å². The number of likely N-dealkylation sites (N-methyl/N-ethyl adjacent to an activating group) is 1. The largest absolute Gasteiger partial charge is 0.480 e. The Labute approximate surface area is 176 Å². The molecule has 3 rings (SSSR count). The maximum atomic E-state index is 12.0. The summed E-state index contributed by atoms with van der Waals surface area (Å²) < 4.78 is 5.80. The fraction of sp³-hybridized carbons (Fsp3) is 0.292. The summed E-state index contributed by atoms with van der Waals surface area (Å²) in [6.45, 7) is 2.47. The maximum absolute atomic E-state index is 12.0. The first-order chi connectivity index (χ1) is 14.5. The molecular formula is C24H23N3O3. The van der Waals surface area contributed by atoms with Crippen LogP contribution in [-0.2, 0) is 9.53 Å². The SMILES string of the molecule is CCCCOC1=C(C#N)C(c2ccc(-c3ccccc3C#N)cc2)C(C(=O)O)N1C. The fourth-order valence-corrected chi connectivity index (χ4v) is 3.80. The molecule has 2 aromatic carbocycles. The van der Waals surface area contributed by atoms with Crippen molar-refractivity contribution in [2.24, 2.45) is 0 Å². The molecule has 2 aromatic rings. The number of nitrogens with zero attached hydrogens (tertiary/aromatic N) is 3. The predicted octanol–water partition coefficient (Wildman–Crippen LogP) is 4.26. The topological polar surface area (TPSA) is 97.3 Å². The molecule has 30 heavy (non-hydrogen) atoms. The van der Waals surface area contributed by atoms with E-state index in [1.165, 1.54) is 0 Å². The summed E-state index contributed by atoms with van der Waals surface area (Å²) in [7, 11) is 1.65. The van der Waals surface area contributed by atoms with Gasteiger partial charge in [0.25, 0.3) is 0 Å². The van der Waals surface area contributed by atoms with Crippen LogP contribution in [0.2, 0.25) is 0 Å². The Bertz CT molecular complexity index is 1040. The van der Waals surface area contributed by atoms with Crippen LogP contribution in [0.1, 0.15) is 36.8 Å². The predicted molar refractivity (Wildman–Crippen MR) is 112 cm³/mol. The molecule has 2 unspecified atom stereocenters. The van der Waals surface area contributed by atoms with E-state index in [9.17, 15) is 20.4 Å². The quantitative estimate of drug-likeness (QED) is 0.696. The van der Waals surface area contributed by atoms with Crippen LogP contribution in [0.15, 0.2) is 60.0 Å². The Morgan fingerprint density at radius 2 is 1.83 bits per heavy atom. The van der Waals surface area contributed by atoms with Crippen molar-refractivity contribution < 1.29 is 14.6 Å². The van der Waals surface area contributed by atoms with Crippen LogP contribution in [0.3, 0.4) is 0 Å². The lowest BCUT2D eigenvalue weighted by molar-refractivity contribution is -0.142. The van der Waals surface area contributed by atoms with Crippen molar-refractivity contribution in [2.45, 2.75) is 31.7 Å². The molecule has 6 nitrogen and oxygen atoms in total. The first kappa shape index (κ1) is 21.0. The van der Waals surface area contributed by atoms with Crippen LogP contribution in [0.4, 0.5) is 0 Å². The third kappa shape index (κ3) is 3.86. The number of unbranched alkanes of at least 4 members (excludes halogenated alkanes) is 1. The van der Waals surface area contributed by atoms with E-state index in [0.717, 1.165) is 29.5 Å². The van der Waals surface area contributed by atoms with Gasteiger partial charge >= 0.3 is 5.97 Å². The van der Waals surface area contributed by atoms with Gasteiger partial charge in [0.05, 0.1) is 29.7 Å². The van der Waals surface area contributed by atoms with Crippen LogP contribution in [0.5, 0.6) is 0 Å². The minimum Gasteiger partial charge on any atom is -0.480 e. The molecular weight excluding hydrogens is 378 g/mol. The molecule has 0 spiro atoms. The highest BCUT2D eigenvalue weighted by molar-refractivity contribution is 5.78. The van der Waals surface area contributed by atoms with Gasteiger partial charge in [0, 0.05) is 7.05 Å². The van der Waals surface area contributed by atoms with Gasteiger partial charge in [0.1, 0.15) is 12.1 Å². The minimum absolute atomic E-state index is 0.325. The number of carbonyl (C=O) groups is 1. The van der Waals surface area contributed by atoms with Gasteiger partial charge in [-0.25, -0.2) is 4.79 Å². The molecule has 0 aliphatic carbocycles. The number of benzene rings is 2. The monoisotopic (exact) mass is 401 g/mol. The Hall–Kier alpha value is -3.77. The van der Waals surface area contributed by atoms with Crippen LogP contribution < -0.4 is 0 Å². The van der Waals surface area contributed by atoms with Crippen LogP contribution >= 0.6 is 0 Å². The zero-order valence-electron chi connectivity index (χ0n) is 17.0. The van der Waals surface area contributed by atoms with Gasteiger partial charge in [0.2, 0.25) is 5.88 Å². The highest BCUT2D eigenvalue weighted by atomic mass is 16.5. The minimum atomic E-state index is -1.01. The second kappa shape index (κ2) is 9.15. The summed E-state index contributed by atoms with van der Waals surface area (Å²) in [5.74, 6) is -1.31. The van der Waals surface area contributed by atoms with Crippen LogP contribution in [-0.4, -0.2) is 35.7 Å². The van der Waals surface area contributed by atoms with Gasteiger partial charge in [-0.3, -0.25) is 0 Å². The Morgan fingerprint density at radius 1 is 1.13 bits per heavy atom. The Morgan fingerprint density at radius 3 is 2.43 bits per heavy atom. The molecule has 0 fully saturated rings. The third-order valence-corrected chi connectivity index (χ3v) is 5.33. The summed E-state index contributed by atoms with van der Waals surface area (Å²) in [6, 6.07) is 18.1. The number of aliphatic carboxylic acids is 1. The van der Waals surface area contributed by atoms with E-state index in [1.54, 1.807) is 18.0 Å². The zero-order chi connectivity index (χ0) is 21.7. The lowest BCUT2D eigenvalue weighted by Crippen LogP contribution is -2.38. The van der Waals surface area contributed by atoms with Crippen molar-refractivity contribution in [1.82, 2.24) is 4.90 Å². The van der Waals surface area contributed by atoms with E-state index < -0.39 is 17.9 Å². The lowest BCUT2D eigenvalue weighted by Gasteiger charge is -2.25. The van der Waals surface area contributed by atoms with Crippen LogP contribution in [0, 0.1) is 22.7 Å². The second-order valence-electron chi connectivity index (χ2n) is 7.18. The number of carboxylic acids is 1. The zero-order valence-corrected chi connectivity index (χ0v) is 17.0. The van der Waals surface area contributed by atoms with E-state index in [2.05, 4.69) is 12.1 Å². The van der Waals surface area contributed by atoms with Gasteiger partial charge in [-0.15, -0.1) is 0 Å². The van der Waals surface area contributed by atoms with Crippen LogP contribution in [0.25, 0.3) is 11.1 Å². The van der Waals surface area contributed by atoms with E-state index in [4.69, 9.17) is 4.74 Å². The van der Waals surface area contributed by atoms with Gasteiger partial charge < -0.3 is 14.7 Å². The smallest absolute Gasteiger partial charge is 0.327 e. The van der Waals surface area contributed by atoms with E-state index in [-0.39, 0.29) is 0 Å². The van der Waals surface area contributed by atoms with E-state index >= 15 is 0 Å². The van der Waals surface area contributed by atoms with Gasteiger partial charge in [0.15, 0.2) is 0 Å². The highest BCUT2D eigenvalue weighted by Crippen LogP contribution is 2.41. The van der Waals surface area contributed by atoms with E-state index in [1.807, 2.05) is 49.4 Å². The van der Waals surface area contributed by atoms with E-state index in [0.29, 0.717) is 23.6 Å². The molecule has 0 saturated heterocycles. The number of nitriles is 2. The fourth-order valence-electron chi connectivity index (χ4n) is 3.80. The highest BCUT2D eigenvalue weighted by Gasteiger charge is 2.45. The molecule has 152 valence electrons. The van der Waals surface area contributed by atoms with Crippen molar-refractivity contribution in [1.29, 1.82) is 10.5 Å². The molecule has 1 aliphatic rings. The number of carboxylic acid groups (broad SMARTS) is 1. The molecule has 2 atom stereocenters. The van der Waals surface area contributed by atoms with Crippen molar-refractivity contribution >= 4 is 5.97 Å². The average molecular weight is 401 g/mol. The summed E-state index contributed by atoms with van der Waals surface area (Å²) in [5, 5.41) is 29.0. The standard InChI is InChI=1S/C24H23N3O3/c1-3-4-13-30-23-20(15-26)21(22(24(28)29)27(23)2)17-11-9-16(10-12-17)19-8-6-5-7-18(19)14-25/h5-12,21-22H,3-4,13H2,1-2H3,(H,28,29). The molecule has 0 radical (unpaired) electrons. The van der Waals surface area contributed by atoms with Crippen molar-refractivity contribution in [3.05, 3.63) is 71.1 Å². The Kier molecular flexibility index (Phi) is 6.39. The van der Waals surface area contributed by atoms with Gasteiger partial charge in [-0.2, -0.15) is 10.5 Å². The number of rotatable bonds is 7. The molecule has 1 heterocycles. The van der Waals surface area contributed by atoms with Crippen molar-refractivity contribution in [3.63, 3.8) is 0 Å². The third-order valence-electron chi connectivity index (χ3n) is 5.33. The molecule has 1 aliphatic heterocycles. The molecule has 6 heteroatoms. The number of hydrogen-bond donors (Lipinski definition) is 1. The molecule has 0 amide bonds. The normalized spacial score (nSPS) is 18.1. The molecule has 0 bridgehead atoms. The first-order valence-corrected chi connectivity index (χ1v) is 9.85. The number of hydrogen-bond acceptors (Lipinski definition) is 5. The van der Waals surface area contributed by atoms with Crippen molar-refractivity contribution in [2.75, 3.05) is 13.7 Å². The summed E-state index contributed by atoms with van der Waals surface area (Å²) in [6.07, 6.45) is 1.77. The summed E-state index contributed by atoms with van der Waals surface area (Å²) in [5.41, 5.74) is 3.28. The second-order valence-corrected chi connectivity index (χ2v) is 7.18.